The van der Waals surface area contributed by atoms with Crippen molar-refractivity contribution in [1.29, 1.82) is 0 Å². The maximum atomic E-state index is 4.98. The second kappa shape index (κ2) is 7.31. The molecule has 4 aromatic rings. The summed E-state index contributed by atoms with van der Waals surface area (Å²) < 4.78 is 0. The van der Waals surface area contributed by atoms with Gasteiger partial charge in [0.1, 0.15) is 24.6 Å². The number of nitrogens with one attached hydrogen (secondary N) is 2. The van der Waals surface area contributed by atoms with Crippen LogP contribution >= 0.6 is 0 Å². The van der Waals surface area contributed by atoms with E-state index in [0.717, 1.165) is 44.9 Å². The summed E-state index contributed by atoms with van der Waals surface area (Å²) in [4.78, 5) is 18.0. The largest absolute Gasteiger partial charge is 0.363 e. The predicted octanol–water partition coefficient (Wildman–Crippen LogP) is 4.67. The third-order valence-corrected chi connectivity index (χ3v) is 5.06. The molecule has 142 valence electrons. The fourth-order valence-corrected chi connectivity index (χ4v) is 3.60. The summed E-state index contributed by atoms with van der Waals surface area (Å²) >= 11 is 0. The van der Waals surface area contributed by atoms with Crippen molar-refractivity contribution < 1.29 is 0 Å². The Hall–Kier alpha value is -3.80. The van der Waals surface area contributed by atoms with Crippen LogP contribution in [-0.4, -0.2) is 27.8 Å². The summed E-state index contributed by atoms with van der Waals surface area (Å²) in [7, 11) is 0. The van der Waals surface area contributed by atoms with Crippen LogP contribution in [0.1, 0.15) is 24.1 Å². The molecule has 5 rings (SSSR count). The normalized spacial score (nSPS) is 13.6. The smallest absolute Gasteiger partial charge is 0.141 e. The Morgan fingerprint density at radius 2 is 1.83 bits per heavy atom. The van der Waals surface area contributed by atoms with Crippen molar-refractivity contribution >= 4 is 28.8 Å². The van der Waals surface area contributed by atoms with Gasteiger partial charge in [-0.15, -0.1) is 0 Å². The number of aliphatic imine (C=N–C) groups is 1. The van der Waals surface area contributed by atoms with Gasteiger partial charge >= 0.3 is 0 Å². The maximum absolute atomic E-state index is 4.98. The molecule has 0 bridgehead atoms. The number of hydrogen-bond acceptors (Lipinski definition) is 6. The van der Waals surface area contributed by atoms with Crippen LogP contribution in [0.25, 0.3) is 22.2 Å². The van der Waals surface area contributed by atoms with Gasteiger partial charge in [-0.05, 0) is 19.1 Å². The highest BCUT2D eigenvalue weighted by atomic mass is 15.1. The van der Waals surface area contributed by atoms with Crippen LogP contribution < -0.4 is 10.6 Å². The average molecular weight is 380 g/mol. The Balaban J connectivity index is 1.60. The van der Waals surface area contributed by atoms with E-state index < -0.39 is 0 Å². The molecule has 6 heteroatoms. The lowest BCUT2D eigenvalue weighted by molar-refractivity contribution is 0.868. The lowest BCUT2D eigenvalue weighted by Crippen LogP contribution is -2.16. The third kappa shape index (κ3) is 3.29. The molecule has 2 N–H and O–H groups in total. The minimum absolute atomic E-state index is 0.0170. The number of nitrogens with zero attached hydrogens (tertiary/aromatic N) is 4. The SMILES string of the molecule is CC(Nc1ncnc2c1C=NCN2)c1cc2ccccc2nc1-c1ccccc1. The number of hydrogen-bond donors (Lipinski definition) is 2. The molecular weight excluding hydrogens is 360 g/mol. The maximum Gasteiger partial charge on any atom is 0.141 e. The minimum Gasteiger partial charge on any atom is -0.363 e. The van der Waals surface area contributed by atoms with E-state index in [4.69, 9.17) is 4.98 Å². The summed E-state index contributed by atoms with van der Waals surface area (Å²) in [5, 5.41) is 7.83. The zero-order valence-electron chi connectivity index (χ0n) is 16.0. The predicted molar refractivity (Wildman–Crippen MR) is 117 cm³/mol. The molecule has 0 amide bonds. The Morgan fingerprint density at radius 3 is 2.72 bits per heavy atom. The molecule has 0 fully saturated rings. The average Bonchev–Trinajstić information content (AvgIpc) is 2.79. The van der Waals surface area contributed by atoms with E-state index in [1.807, 2.05) is 42.6 Å². The summed E-state index contributed by atoms with van der Waals surface area (Å²) in [5.74, 6) is 1.55. The molecule has 3 heterocycles. The van der Waals surface area contributed by atoms with Gasteiger partial charge in [0.2, 0.25) is 0 Å². The first kappa shape index (κ1) is 17.3. The molecule has 1 unspecified atom stereocenters. The zero-order valence-corrected chi connectivity index (χ0v) is 16.0. The van der Waals surface area contributed by atoms with E-state index in [2.05, 4.69) is 56.8 Å². The molecule has 0 aliphatic carbocycles. The van der Waals surface area contributed by atoms with Crippen LogP contribution in [-0.2, 0) is 0 Å². The second-order valence-corrected chi connectivity index (χ2v) is 6.98. The number of rotatable bonds is 4. The van der Waals surface area contributed by atoms with E-state index >= 15 is 0 Å². The molecule has 6 nitrogen and oxygen atoms in total. The van der Waals surface area contributed by atoms with Gasteiger partial charge in [-0.3, -0.25) is 4.99 Å². The fraction of sp³-hybridized carbons (Fsp3) is 0.130. The number of fused-ring (bicyclic) bond motifs is 2. The van der Waals surface area contributed by atoms with Gasteiger partial charge in [0.15, 0.2) is 0 Å². The molecular formula is C23H20N6. The van der Waals surface area contributed by atoms with Gasteiger partial charge in [-0.25, -0.2) is 15.0 Å². The van der Waals surface area contributed by atoms with Crippen LogP contribution in [0.15, 0.2) is 72.0 Å². The van der Waals surface area contributed by atoms with E-state index in [1.54, 1.807) is 6.33 Å². The van der Waals surface area contributed by atoms with Gasteiger partial charge in [-0.1, -0.05) is 48.5 Å². The molecule has 1 aliphatic heterocycles. The first-order valence-corrected chi connectivity index (χ1v) is 9.60. The molecule has 0 saturated heterocycles. The van der Waals surface area contributed by atoms with Crippen molar-refractivity contribution in [1.82, 2.24) is 15.0 Å². The molecule has 1 aliphatic rings. The number of anilines is 2. The van der Waals surface area contributed by atoms with Gasteiger partial charge in [0, 0.05) is 22.7 Å². The van der Waals surface area contributed by atoms with Gasteiger partial charge in [0.05, 0.1) is 22.8 Å². The van der Waals surface area contributed by atoms with E-state index in [-0.39, 0.29) is 6.04 Å². The lowest BCUT2D eigenvalue weighted by Gasteiger charge is -2.21. The van der Waals surface area contributed by atoms with E-state index in [9.17, 15) is 0 Å². The van der Waals surface area contributed by atoms with Gasteiger partial charge in [-0.2, -0.15) is 0 Å². The lowest BCUT2D eigenvalue weighted by atomic mass is 9.98. The second-order valence-electron chi connectivity index (χ2n) is 6.98. The van der Waals surface area contributed by atoms with E-state index in [0.29, 0.717) is 6.67 Å². The highest BCUT2D eigenvalue weighted by Crippen LogP contribution is 2.32. The Labute approximate surface area is 168 Å². The molecule has 1 atom stereocenters. The summed E-state index contributed by atoms with van der Waals surface area (Å²) in [6.45, 7) is 2.66. The number of aromatic nitrogens is 3. The number of para-hydroxylation sites is 1. The number of benzene rings is 2. The van der Waals surface area contributed by atoms with Crippen LogP contribution in [0.4, 0.5) is 11.6 Å². The quantitative estimate of drug-likeness (QED) is 0.538. The van der Waals surface area contributed by atoms with Crippen molar-refractivity contribution in [3.8, 4) is 11.3 Å². The Morgan fingerprint density at radius 1 is 1.00 bits per heavy atom. The Kier molecular flexibility index (Phi) is 4.37. The summed E-state index contributed by atoms with van der Waals surface area (Å²) in [5.41, 5.74) is 5.04. The monoisotopic (exact) mass is 380 g/mol. The third-order valence-electron chi connectivity index (χ3n) is 5.06. The molecule has 0 radical (unpaired) electrons. The highest BCUT2D eigenvalue weighted by molar-refractivity contribution is 5.93. The van der Waals surface area contributed by atoms with Gasteiger partial charge in [0.25, 0.3) is 0 Å². The first-order valence-electron chi connectivity index (χ1n) is 9.60. The van der Waals surface area contributed by atoms with Crippen LogP contribution in [0.5, 0.6) is 0 Å². The molecule has 2 aromatic carbocycles. The molecule has 0 spiro atoms. The number of pyridine rings is 1. The van der Waals surface area contributed by atoms with Crippen LogP contribution in [0.2, 0.25) is 0 Å². The van der Waals surface area contributed by atoms with E-state index in [1.165, 1.54) is 0 Å². The fourth-order valence-electron chi connectivity index (χ4n) is 3.60. The molecule has 2 aromatic heterocycles. The van der Waals surface area contributed by atoms with Crippen molar-refractivity contribution in [2.45, 2.75) is 13.0 Å². The van der Waals surface area contributed by atoms with Crippen molar-refractivity contribution in [3.63, 3.8) is 0 Å². The van der Waals surface area contributed by atoms with Gasteiger partial charge < -0.3 is 10.6 Å². The molecule has 0 saturated carbocycles. The van der Waals surface area contributed by atoms with Crippen LogP contribution in [0.3, 0.4) is 0 Å². The molecule has 29 heavy (non-hydrogen) atoms. The highest BCUT2D eigenvalue weighted by Gasteiger charge is 2.18. The topological polar surface area (TPSA) is 75.1 Å². The van der Waals surface area contributed by atoms with Crippen molar-refractivity contribution in [3.05, 3.63) is 78.1 Å². The standard InChI is InChI=1S/C23H20N6/c1-15(28-23-19-12-24-13-25-22(19)26-14-27-23)18-11-17-9-5-6-10-20(17)29-21(18)16-7-3-2-4-8-16/h2-12,14-15H,13H2,1H3,(H2,25,26,27,28). The summed E-state index contributed by atoms with van der Waals surface area (Å²) in [6, 6.07) is 20.7. The summed E-state index contributed by atoms with van der Waals surface area (Å²) in [6.07, 6.45) is 3.38. The zero-order chi connectivity index (χ0) is 19.6. The minimum atomic E-state index is -0.0170. The Bertz CT molecular complexity index is 1200. The van der Waals surface area contributed by atoms with Crippen LogP contribution in [0, 0.1) is 0 Å². The first-order chi connectivity index (χ1) is 14.3. The van der Waals surface area contributed by atoms with Crippen molar-refractivity contribution in [2.75, 3.05) is 17.3 Å². The van der Waals surface area contributed by atoms with Crippen molar-refractivity contribution in [2.24, 2.45) is 4.99 Å².